The van der Waals surface area contributed by atoms with Crippen LogP contribution in [0.5, 0.6) is 5.75 Å². The number of hydrogen-bond donors (Lipinski definition) is 1. The van der Waals surface area contributed by atoms with Gasteiger partial charge in [0.2, 0.25) is 0 Å². The Balaban J connectivity index is 2.22. The second kappa shape index (κ2) is 5.76. The third-order valence-electron chi connectivity index (χ3n) is 3.19. The molecule has 7 heteroatoms. The molecule has 0 aliphatic heterocycles. The number of H-pyrrole nitrogens is 1. The lowest BCUT2D eigenvalue weighted by Crippen LogP contribution is -2.10. The number of ether oxygens (including phenoxy) is 1. The molecular formula is C15H12FN3O2S. The van der Waals surface area contributed by atoms with Crippen LogP contribution >= 0.6 is 11.8 Å². The van der Waals surface area contributed by atoms with Crippen LogP contribution in [0.25, 0.3) is 22.4 Å². The number of pyridine rings is 1. The van der Waals surface area contributed by atoms with E-state index in [1.165, 1.54) is 19.2 Å². The summed E-state index contributed by atoms with van der Waals surface area (Å²) in [5.74, 6) is -0.252. The maximum atomic E-state index is 13.8. The van der Waals surface area contributed by atoms with Crippen molar-refractivity contribution in [1.82, 2.24) is 15.0 Å². The molecule has 3 aromatic rings. The molecular weight excluding hydrogens is 305 g/mol. The number of hydrogen-bond acceptors (Lipinski definition) is 5. The SMILES string of the molecule is COc1cc2c(=O)[nH]c(-c3cc(SC)ccn3)nc2cc1F. The number of rotatable bonds is 3. The monoisotopic (exact) mass is 317 g/mol. The van der Waals surface area contributed by atoms with Gasteiger partial charge in [0.15, 0.2) is 17.4 Å². The number of halogens is 1. The van der Waals surface area contributed by atoms with E-state index in [-0.39, 0.29) is 22.2 Å². The lowest BCUT2D eigenvalue weighted by atomic mass is 10.2. The fourth-order valence-electron chi connectivity index (χ4n) is 2.09. The maximum absolute atomic E-state index is 13.8. The Morgan fingerprint density at radius 2 is 2.14 bits per heavy atom. The number of aromatic amines is 1. The number of methoxy groups -OCH3 is 1. The van der Waals surface area contributed by atoms with Gasteiger partial charge in [-0.3, -0.25) is 9.78 Å². The number of fused-ring (bicyclic) bond motifs is 1. The molecule has 2 heterocycles. The van der Waals surface area contributed by atoms with E-state index in [9.17, 15) is 9.18 Å². The first-order valence-corrected chi connectivity index (χ1v) is 7.63. The van der Waals surface area contributed by atoms with E-state index in [0.717, 1.165) is 4.90 Å². The number of benzene rings is 1. The van der Waals surface area contributed by atoms with Crippen LogP contribution in [0.2, 0.25) is 0 Å². The van der Waals surface area contributed by atoms with E-state index in [4.69, 9.17) is 4.74 Å². The zero-order valence-electron chi connectivity index (χ0n) is 11.9. The Bertz CT molecular complexity index is 911. The Kier molecular flexibility index (Phi) is 3.81. The van der Waals surface area contributed by atoms with E-state index in [1.807, 2.05) is 18.4 Å². The highest BCUT2D eigenvalue weighted by molar-refractivity contribution is 7.98. The minimum absolute atomic E-state index is 0.00931. The minimum atomic E-state index is -0.565. The minimum Gasteiger partial charge on any atom is -0.494 e. The predicted octanol–water partition coefficient (Wildman–Crippen LogP) is 2.85. The van der Waals surface area contributed by atoms with Crippen molar-refractivity contribution in [3.8, 4) is 17.3 Å². The topological polar surface area (TPSA) is 67.9 Å². The van der Waals surface area contributed by atoms with Gasteiger partial charge in [0.1, 0.15) is 5.69 Å². The molecule has 1 aromatic carbocycles. The summed E-state index contributed by atoms with van der Waals surface area (Å²) >= 11 is 1.56. The molecule has 5 nitrogen and oxygen atoms in total. The molecule has 0 bridgehead atoms. The molecule has 0 unspecified atom stereocenters. The van der Waals surface area contributed by atoms with Crippen molar-refractivity contribution < 1.29 is 9.13 Å². The van der Waals surface area contributed by atoms with Gasteiger partial charge in [-0.15, -0.1) is 11.8 Å². The van der Waals surface area contributed by atoms with Gasteiger partial charge in [-0.1, -0.05) is 0 Å². The van der Waals surface area contributed by atoms with Crippen LogP contribution < -0.4 is 10.3 Å². The fourth-order valence-corrected chi connectivity index (χ4v) is 2.51. The van der Waals surface area contributed by atoms with Gasteiger partial charge in [0.25, 0.3) is 5.56 Å². The van der Waals surface area contributed by atoms with Gasteiger partial charge in [-0.25, -0.2) is 9.37 Å². The van der Waals surface area contributed by atoms with Crippen LogP contribution in [0.15, 0.2) is 40.2 Å². The van der Waals surface area contributed by atoms with Crippen molar-refractivity contribution in [2.24, 2.45) is 0 Å². The van der Waals surface area contributed by atoms with Crippen molar-refractivity contribution in [2.45, 2.75) is 4.90 Å². The third kappa shape index (κ3) is 2.55. The average molecular weight is 317 g/mol. The summed E-state index contributed by atoms with van der Waals surface area (Å²) in [6, 6.07) is 6.20. The molecule has 2 aromatic heterocycles. The first-order valence-electron chi connectivity index (χ1n) is 6.40. The molecule has 1 N–H and O–H groups in total. The molecule has 0 spiro atoms. The van der Waals surface area contributed by atoms with Crippen LogP contribution in [0.4, 0.5) is 4.39 Å². The number of thioether (sulfide) groups is 1. The van der Waals surface area contributed by atoms with E-state index in [1.54, 1.807) is 18.0 Å². The van der Waals surface area contributed by atoms with Gasteiger partial charge < -0.3 is 9.72 Å². The molecule has 112 valence electrons. The van der Waals surface area contributed by atoms with Gasteiger partial charge in [0, 0.05) is 17.2 Å². The zero-order valence-corrected chi connectivity index (χ0v) is 12.7. The van der Waals surface area contributed by atoms with Gasteiger partial charge in [-0.2, -0.15) is 0 Å². The summed E-state index contributed by atoms with van der Waals surface area (Å²) in [5, 5.41) is 0.267. The third-order valence-corrected chi connectivity index (χ3v) is 3.91. The maximum Gasteiger partial charge on any atom is 0.259 e. The molecule has 22 heavy (non-hydrogen) atoms. The lowest BCUT2D eigenvalue weighted by Gasteiger charge is -2.06. The van der Waals surface area contributed by atoms with Crippen molar-refractivity contribution in [3.05, 3.63) is 46.6 Å². The Labute approximate surface area is 129 Å². The Hall–Kier alpha value is -2.41. The molecule has 0 fully saturated rings. The molecule has 0 amide bonds. The quantitative estimate of drug-likeness (QED) is 0.752. The van der Waals surface area contributed by atoms with Crippen molar-refractivity contribution in [2.75, 3.05) is 13.4 Å². The molecule has 3 rings (SSSR count). The zero-order chi connectivity index (χ0) is 15.7. The average Bonchev–Trinajstić information content (AvgIpc) is 2.54. The first-order chi connectivity index (χ1) is 10.6. The molecule has 0 saturated carbocycles. The number of aromatic nitrogens is 3. The normalized spacial score (nSPS) is 10.9. The molecule has 0 aliphatic rings. The lowest BCUT2D eigenvalue weighted by molar-refractivity contribution is 0.387. The van der Waals surface area contributed by atoms with Crippen molar-refractivity contribution in [1.29, 1.82) is 0 Å². The van der Waals surface area contributed by atoms with E-state index in [0.29, 0.717) is 11.5 Å². The van der Waals surface area contributed by atoms with Gasteiger partial charge >= 0.3 is 0 Å². The van der Waals surface area contributed by atoms with Gasteiger partial charge in [-0.05, 0) is 24.5 Å². The Morgan fingerprint density at radius 1 is 1.32 bits per heavy atom. The van der Waals surface area contributed by atoms with Crippen LogP contribution in [-0.2, 0) is 0 Å². The summed E-state index contributed by atoms with van der Waals surface area (Å²) in [5.41, 5.74) is 0.421. The smallest absolute Gasteiger partial charge is 0.259 e. The highest BCUT2D eigenvalue weighted by Crippen LogP contribution is 2.24. The number of nitrogens with one attached hydrogen (secondary N) is 1. The Morgan fingerprint density at radius 3 is 2.86 bits per heavy atom. The standard InChI is InChI=1S/C15H12FN3O2S/c1-21-13-6-9-11(7-10(13)16)18-14(19-15(9)20)12-5-8(22-2)3-4-17-12/h3-7H,1-2H3,(H,18,19,20). The van der Waals surface area contributed by atoms with E-state index >= 15 is 0 Å². The molecule has 0 aliphatic carbocycles. The van der Waals surface area contributed by atoms with Gasteiger partial charge in [0.05, 0.1) is 18.0 Å². The summed E-state index contributed by atoms with van der Waals surface area (Å²) < 4.78 is 18.7. The van der Waals surface area contributed by atoms with Crippen LogP contribution in [0.3, 0.4) is 0 Å². The number of nitrogens with zero attached hydrogens (tertiary/aromatic N) is 2. The van der Waals surface area contributed by atoms with E-state index < -0.39 is 5.82 Å². The summed E-state index contributed by atoms with van der Waals surface area (Å²) in [6.45, 7) is 0. The summed E-state index contributed by atoms with van der Waals surface area (Å²) in [7, 11) is 1.35. The van der Waals surface area contributed by atoms with Crippen LogP contribution in [0.1, 0.15) is 0 Å². The molecule has 0 radical (unpaired) electrons. The van der Waals surface area contributed by atoms with Crippen LogP contribution in [-0.4, -0.2) is 28.3 Å². The largest absolute Gasteiger partial charge is 0.494 e. The molecule has 0 atom stereocenters. The summed E-state index contributed by atoms with van der Waals surface area (Å²) in [6.07, 6.45) is 3.58. The van der Waals surface area contributed by atoms with E-state index in [2.05, 4.69) is 15.0 Å². The fraction of sp³-hybridized carbons (Fsp3) is 0.133. The highest BCUT2D eigenvalue weighted by atomic mass is 32.2. The second-order valence-corrected chi connectivity index (χ2v) is 5.38. The van der Waals surface area contributed by atoms with Crippen molar-refractivity contribution in [3.63, 3.8) is 0 Å². The first kappa shape index (κ1) is 14.5. The second-order valence-electron chi connectivity index (χ2n) is 4.50. The van der Waals surface area contributed by atoms with Crippen LogP contribution in [0, 0.1) is 5.82 Å². The molecule has 0 saturated heterocycles. The van der Waals surface area contributed by atoms with Crippen molar-refractivity contribution >= 4 is 22.7 Å². The predicted molar refractivity (Wildman–Crippen MR) is 83.9 cm³/mol. The highest BCUT2D eigenvalue weighted by Gasteiger charge is 2.12. The summed E-state index contributed by atoms with van der Waals surface area (Å²) in [4.78, 5) is 24.4.